The molecule has 0 N–H and O–H groups in total. The van der Waals surface area contributed by atoms with Crippen LogP contribution in [0.3, 0.4) is 0 Å². The lowest BCUT2D eigenvalue weighted by Crippen LogP contribution is -2.48. The second kappa shape index (κ2) is 7.07. The molecule has 0 aliphatic carbocycles. The number of benzene rings is 1. The second-order valence-electron chi connectivity index (χ2n) is 5.46. The summed E-state index contributed by atoms with van der Waals surface area (Å²) in [5.41, 5.74) is 1.66. The van der Waals surface area contributed by atoms with Gasteiger partial charge >= 0.3 is 0 Å². The molecule has 1 aliphatic heterocycles. The topological polar surface area (TPSA) is 26.8 Å². The first-order chi connectivity index (χ1) is 9.60. The van der Waals surface area contributed by atoms with Crippen molar-refractivity contribution >= 4 is 23.6 Å². The van der Waals surface area contributed by atoms with Crippen molar-refractivity contribution in [1.82, 2.24) is 9.80 Å². The minimum absolute atomic E-state index is 0.535. The van der Waals surface area contributed by atoms with Gasteiger partial charge in [0.1, 0.15) is 0 Å². The standard InChI is InChI=1S/C15H22ClN3O/c1-17(2)5-6-18-7-9-19(10-8-18)14-4-3-13(12-20)15(16)11-14/h3-4,11-12H,5-10H2,1-2H3. The van der Waals surface area contributed by atoms with Crippen LogP contribution in [0.25, 0.3) is 0 Å². The van der Waals surface area contributed by atoms with Gasteiger partial charge in [-0.05, 0) is 32.3 Å². The van der Waals surface area contributed by atoms with Crippen LogP contribution in [-0.2, 0) is 0 Å². The zero-order chi connectivity index (χ0) is 14.5. The van der Waals surface area contributed by atoms with Gasteiger partial charge in [0, 0.05) is 50.5 Å². The molecule has 5 heteroatoms. The van der Waals surface area contributed by atoms with Gasteiger partial charge in [0.2, 0.25) is 0 Å². The lowest BCUT2D eigenvalue weighted by atomic mass is 10.2. The molecule has 20 heavy (non-hydrogen) atoms. The summed E-state index contributed by atoms with van der Waals surface area (Å²) >= 11 is 6.09. The molecule has 4 nitrogen and oxygen atoms in total. The van der Waals surface area contributed by atoms with E-state index in [2.05, 4.69) is 28.8 Å². The van der Waals surface area contributed by atoms with E-state index in [1.807, 2.05) is 12.1 Å². The van der Waals surface area contributed by atoms with E-state index in [1.165, 1.54) is 0 Å². The molecule has 1 heterocycles. The Kier molecular flexibility index (Phi) is 5.40. The molecule has 0 atom stereocenters. The predicted octanol–water partition coefficient (Wildman–Crippen LogP) is 1.84. The van der Waals surface area contributed by atoms with Gasteiger partial charge in [-0.25, -0.2) is 0 Å². The smallest absolute Gasteiger partial charge is 0.151 e. The Balaban J connectivity index is 1.90. The minimum atomic E-state index is 0.535. The van der Waals surface area contributed by atoms with Crippen molar-refractivity contribution in [1.29, 1.82) is 0 Å². The maximum Gasteiger partial charge on any atom is 0.151 e. The van der Waals surface area contributed by atoms with E-state index in [9.17, 15) is 4.79 Å². The van der Waals surface area contributed by atoms with E-state index in [0.29, 0.717) is 10.6 Å². The first-order valence-electron chi connectivity index (χ1n) is 6.97. The third-order valence-corrected chi connectivity index (χ3v) is 4.04. The number of nitrogens with zero attached hydrogens (tertiary/aromatic N) is 3. The van der Waals surface area contributed by atoms with Gasteiger partial charge in [0.05, 0.1) is 5.02 Å². The molecular formula is C15H22ClN3O. The van der Waals surface area contributed by atoms with Gasteiger partial charge in [0.25, 0.3) is 0 Å². The van der Waals surface area contributed by atoms with Gasteiger partial charge in [-0.15, -0.1) is 0 Å². The number of hydrogen-bond donors (Lipinski definition) is 0. The van der Waals surface area contributed by atoms with E-state index >= 15 is 0 Å². The number of piperazine rings is 1. The van der Waals surface area contributed by atoms with Crippen molar-refractivity contribution in [2.24, 2.45) is 0 Å². The van der Waals surface area contributed by atoms with Crippen LogP contribution in [0.5, 0.6) is 0 Å². The van der Waals surface area contributed by atoms with Crippen molar-refractivity contribution in [3.8, 4) is 0 Å². The summed E-state index contributed by atoms with van der Waals surface area (Å²) in [5.74, 6) is 0. The highest BCUT2D eigenvalue weighted by Crippen LogP contribution is 2.23. The molecule has 0 bridgehead atoms. The fourth-order valence-electron chi connectivity index (χ4n) is 2.38. The largest absolute Gasteiger partial charge is 0.369 e. The lowest BCUT2D eigenvalue weighted by Gasteiger charge is -2.36. The molecular weight excluding hydrogens is 274 g/mol. The summed E-state index contributed by atoms with van der Waals surface area (Å²) in [5, 5.41) is 0.535. The first-order valence-corrected chi connectivity index (χ1v) is 7.34. The summed E-state index contributed by atoms with van der Waals surface area (Å²) in [6.07, 6.45) is 0.797. The third-order valence-electron chi connectivity index (χ3n) is 3.71. The van der Waals surface area contributed by atoms with E-state index < -0.39 is 0 Å². The van der Waals surface area contributed by atoms with Crippen LogP contribution in [0.4, 0.5) is 5.69 Å². The average molecular weight is 296 g/mol. The molecule has 1 aromatic rings. The van der Waals surface area contributed by atoms with Crippen molar-refractivity contribution in [2.45, 2.75) is 0 Å². The summed E-state index contributed by atoms with van der Waals surface area (Å²) in [7, 11) is 4.21. The number of likely N-dealkylation sites (N-methyl/N-ethyl adjacent to an activating group) is 1. The Morgan fingerprint density at radius 3 is 2.50 bits per heavy atom. The molecule has 1 aliphatic rings. The summed E-state index contributed by atoms with van der Waals surface area (Å²) in [6.45, 7) is 6.36. The highest BCUT2D eigenvalue weighted by molar-refractivity contribution is 6.33. The van der Waals surface area contributed by atoms with Gasteiger partial charge < -0.3 is 9.80 Å². The Morgan fingerprint density at radius 1 is 1.25 bits per heavy atom. The van der Waals surface area contributed by atoms with Gasteiger partial charge in [0.15, 0.2) is 6.29 Å². The number of aldehydes is 1. The van der Waals surface area contributed by atoms with Crippen LogP contribution < -0.4 is 4.90 Å². The van der Waals surface area contributed by atoms with Gasteiger partial charge in [-0.3, -0.25) is 9.69 Å². The molecule has 1 aromatic carbocycles. The van der Waals surface area contributed by atoms with Crippen molar-refractivity contribution in [3.05, 3.63) is 28.8 Å². The highest BCUT2D eigenvalue weighted by Gasteiger charge is 2.17. The lowest BCUT2D eigenvalue weighted by molar-refractivity contribution is 0.112. The zero-order valence-corrected chi connectivity index (χ0v) is 12.9. The first kappa shape index (κ1) is 15.3. The van der Waals surface area contributed by atoms with Crippen LogP contribution in [-0.4, -0.2) is 69.4 Å². The molecule has 2 rings (SSSR count). The molecule has 0 unspecified atom stereocenters. The average Bonchev–Trinajstić information content (AvgIpc) is 2.45. The normalized spacial score (nSPS) is 16.7. The van der Waals surface area contributed by atoms with Crippen LogP contribution in [0.2, 0.25) is 5.02 Å². The highest BCUT2D eigenvalue weighted by atomic mass is 35.5. The van der Waals surface area contributed by atoms with Crippen molar-refractivity contribution < 1.29 is 4.79 Å². The van der Waals surface area contributed by atoms with E-state index in [0.717, 1.165) is 51.2 Å². The monoisotopic (exact) mass is 295 g/mol. The number of carbonyl (C=O) groups excluding carboxylic acids is 1. The SMILES string of the molecule is CN(C)CCN1CCN(c2ccc(C=O)c(Cl)c2)CC1. The second-order valence-corrected chi connectivity index (χ2v) is 5.86. The van der Waals surface area contributed by atoms with Gasteiger partial charge in [-0.1, -0.05) is 11.6 Å². The number of halogens is 1. The summed E-state index contributed by atoms with van der Waals surface area (Å²) in [4.78, 5) is 17.8. The fraction of sp³-hybridized carbons (Fsp3) is 0.533. The van der Waals surface area contributed by atoms with Crippen LogP contribution >= 0.6 is 11.6 Å². The zero-order valence-electron chi connectivity index (χ0n) is 12.2. The Hall–Kier alpha value is -1.10. The van der Waals surface area contributed by atoms with Gasteiger partial charge in [-0.2, -0.15) is 0 Å². The third kappa shape index (κ3) is 3.95. The summed E-state index contributed by atoms with van der Waals surface area (Å²) in [6, 6.07) is 5.66. The molecule has 110 valence electrons. The molecule has 0 radical (unpaired) electrons. The molecule has 0 spiro atoms. The van der Waals surface area contributed by atoms with E-state index in [4.69, 9.17) is 11.6 Å². The maximum absolute atomic E-state index is 10.8. The molecule has 0 aromatic heterocycles. The van der Waals surface area contributed by atoms with E-state index in [1.54, 1.807) is 6.07 Å². The molecule has 1 saturated heterocycles. The van der Waals surface area contributed by atoms with Crippen LogP contribution in [0.1, 0.15) is 10.4 Å². The Morgan fingerprint density at radius 2 is 1.95 bits per heavy atom. The number of carbonyl (C=O) groups is 1. The number of anilines is 1. The van der Waals surface area contributed by atoms with Crippen molar-refractivity contribution in [3.63, 3.8) is 0 Å². The maximum atomic E-state index is 10.8. The van der Waals surface area contributed by atoms with Crippen LogP contribution in [0, 0.1) is 0 Å². The molecule has 0 amide bonds. The molecule has 1 fully saturated rings. The minimum Gasteiger partial charge on any atom is -0.369 e. The number of hydrogen-bond acceptors (Lipinski definition) is 4. The van der Waals surface area contributed by atoms with E-state index in [-0.39, 0.29) is 0 Å². The Bertz CT molecular complexity index is 456. The number of rotatable bonds is 5. The quantitative estimate of drug-likeness (QED) is 0.775. The summed E-state index contributed by atoms with van der Waals surface area (Å²) < 4.78 is 0. The molecule has 0 saturated carbocycles. The Labute approximate surface area is 125 Å². The fourth-order valence-corrected chi connectivity index (χ4v) is 2.60. The predicted molar refractivity (Wildman–Crippen MR) is 84.0 cm³/mol. The van der Waals surface area contributed by atoms with Crippen molar-refractivity contribution in [2.75, 3.05) is 58.3 Å². The van der Waals surface area contributed by atoms with Crippen LogP contribution in [0.15, 0.2) is 18.2 Å².